The van der Waals surface area contributed by atoms with Crippen molar-refractivity contribution in [3.63, 3.8) is 0 Å². The molecule has 0 unspecified atom stereocenters. The molecule has 5 rings (SSSR count). The minimum atomic E-state index is -0.236. The monoisotopic (exact) mass is 529 g/mol. The summed E-state index contributed by atoms with van der Waals surface area (Å²) in [7, 11) is 0. The number of para-hydroxylation sites is 2. The normalized spacial score (nSPS) is 14.8. The number of nitrogens with one attached hydrogen (secondary N) is 2. The topological polar surface area (TPSA) is 109 Å². The predicted molar refractivity (Wildman–Crippen MR) is 152 cm³/mol. The van der Waals surface area contributed by atoms with Crippen molar-refractivity contribution in [2.24, 2.45) is 0 Å². The van der Waals surface area contributed by atoms with Crippen LogP contribution in [0.2, 0.25) is 0 Å². The molecular weight excluding hydrogens is 494 g/mol. The molecule has 0 aromatic heterocycles. The SMILES string of the molecule is Nc1ccccc1NC(=O)c1ccc(CN(CCCN2CCOCC2)C(=O)Nc2ccc3c(c2)CCO3)cc1. The maximum Gasteiger partial charge on any atom is 0.322 e. The van der Waals surface area contributed by atoms with Gasteiger partial charge in [0, 0.05) is 50.4 Å². The number of carbonyl (C=O) groups excluding carboxylic acids is 2. The van der Waals surface area contributed by atoms with Crippen LogP contribution in [0.3, 0.4) is 0 Å². The Morgan fingerprint density at radius 1 is 0.949 bits per heavy atom. The number of hydrogen-bond acceptors (Lipinski definition) is 6. The highest BCUT2D eigenvalue weighted by atomic mass is 16.5. The number of carbonyl (C=O) groups is 2. The summed E-state index contributed by atoms with van der Waals surface area (Å²) in [5, 5.41) is 5.91. The lowest BCUT2D eigenvalue weighted by Crippen LogP contribution is -2.40. The number of amides is 3. The first-order valence-corrected chi connectivity index (χ1v) is 13.4. The fraction of sp³-hybridized carbons (Fsp3) is 0.333. The maximum atomic E-state index is 13.4. The number of anilines is 3. The Morgan fingerprint density at radius 2 is 1.74 bits per heavy atom. The number of rotatable bonds is 9. The number of urea groups is 1. The summed E-state index contributed by atoms with van der Waals surface area (Å²) in [5.41, 5.74) is 10.4. The molecule has 0 spiro atoms. The lowest BCUT2D eigenvalue weighted by molar-refractivity contribution is 0.0365. The van der Waals surface area contributed by atoms with Gasteiger partial charge in [-0.2, -0.15) is 0 Å². The van der Waals surface area contributed by atoms with Crippen molar-refractivity contribution in [2.75, 3.05) is 62.4 Å². The second-order valence-electron chi connectivity index (χ2n) is 9.82. The fourth-order valence-electron chi connectivity index (χ4n) is 4.82. The van der Waals surface area contributed by atoms with E-state index in [1.165, 1.54) is 0 Å². The van der Waals surface area contributed by atoms with Crippen molar-refractivity contribution >= 4 is 29.0 Å². The molecule has 1 saturated heterocycles. The van der Waals surface area contributed by atoms with Gasteiger partial charge in [-0.1, -0.05) is 24.3 Å². The van der Waals surface area contributed by atoms with E-state index in [0.717, 1.165) is 68.3 Å². The van der Waals surface area contributed by atoms with E-state index in [4.69, 9.17) is 15.2 Å². The summed E-state index contributed by atoms with van der Waals surface area (Å²) in [6.45, 7) is 5.96. The minimum absolute atomic E-state index is 0.155. The van der Waals surface area contributed by atoms with Crippen molar-refractivity contribution in [1.82, 2.24) is 9.80 Å². The number of benzene rings is 3. The molecule has 3 amide bonds. The molecule has 0 bridgehead atoms. The van der Waals surface area contributed by atoms with Crippen LogP contribution in [0.4, 0.5) is 21.9 Å². The van der Waals surface area contributed by atoms with Crippen LogP contribution in [-0.2, 0) is 17.7 Å². The lowest BCUT2D eigenvalue weighted by atomic mass is 10.1. The molecule has 0 atom stereocenters. The molecule has 204 valence electrons. The molecule has 0 aliphatic carbocycles. The van der Waals surface area contributed by atoms with Crippen LogP contribution in [0.25, 0.3) is 0 Å². The van der Waals surface area contributed by atoms with E-state index < -0.39 is 0 Å². The van der Waals surface area contributed by atoms with Crippen molar-refractivity contribution in [2.45, 2.75) is 19.4 Å². The minimum Gasteiger partial charge on any atom is -0.493 e. The van der Waals surface area contributed by atoms with E-state index in [1.54, 1.807) is 24.3 Å². The summed E-state index contributed by atoms with van der Waals surface area (Å²) in [4.78, 5) is 30.3. The van der Waals surface area contributed by atoms with Crippen LogP contribution in [0.15, 0.2) is 66.7 Å². The first-order chi connectivity index (χ1) is 19.0. The maximum absolute atomic E-state index is 13.4. The zero-order valence-electron chi connectivity index (χ0n) is 22.0. The molecular formula is C30H35N5O4. The van der Waals surface area contributed by atoms with E-state index in [2.05, 4.69) is 15.5 Å². The third-order valence-electron chi connectivity index (χ3n) is 7.03. The highest BCUT2D eigenvalue weighted by Crippen LogP contribution is 2.28. The zero-order chi connectivity index (χ0) is 27.0. The van der Waals surface area contributed by atoms with E-state index in [-0.39, 0.29) is 11.9 Å². The van der Waals surface area contributed by atoms with Gasteiger partial charge in [0.2, 0.25) is 0 Å². The smallest absolute Gasteiger partial charge is 0.322 e. The van der Waals surface area contributed by atoms with Gasteiger partial charge in [-0.3, -0.25) is 9.69 Å². The first kappa shape index (κ1) is 26.5. The van der Waals surface area contributed by atoms with Crippen molar-refractivity contribution in [1.29, 1.82) is 0 Å². The van der Waals surface area contributed by atoms with Gasteiger partial charge in [-0.05, 0) is 60.0 Å². The summed E-state index contributed by atoms with van der Waals surface area (Å²) >= 11 is 0. The number of morpholine rings is 1. The fourth-order valence-corrected chi connectivity index (χ4v) is 4.82. The van der Waals surface area contributed by atoms with E-state index in [0.29, 0.717) is 36.6 Å². The lowest BCUT2D eigenvalue weighted by Gasteiger charge is -2.28. The standard InChI is InChI=1S/C30H35N5O4/c31-26-4-1-2-5-27(26)33-29(36)23-8-6-22(7-9-23)21-35(14-3-13-34-15-18-38-19-16-34)30(37)32-25-10-11-28-24(20-25)12-17-39-28/h1-2,4-11,20H,3,12-19,21,31H2,(H,32,37)(H,33,36). The van der Waals surface area contributed by atoms with Crippen molar-refractivity contribution in [3.05, 3.63) is 83.4 Å². The third kappa shape index (κ3) is 7.07. The Labute approximate surface area is 228 Å². The molecule has 3 aromatic rings. The van der Waals surface area contributed by atoms with Crippen LogP contribution in [0.1, 0.15) is 27.9 Å². The summed E-state index contributed by atoms with van der Waals surface area (Å²) < 4.78 is 11.0. The van der Waals surface area contributed by atoms with Crippen LogP contribution < -0.4 is 21.1 Å². The van der Waals surface area contributed by atoms with Gasteiger partial charge < -0.3 is 30.7 Å². The molecule has 39 heavy (non-hydrogen) atoms. The summed E-state index contributed by atoms with van der Waals surface area (Å²) in [6.07, 6.45) is 1.70. The van der Waals surface area contributed by atoms with Crippen molar-refractivity contribution < 1.29 is 19.1 Å². The van der Waals surface area contributed by atoms with E-state index >= 15 is 0 Å². The number of hydrogen-bond donors (Lipinski definition) is 3. The predicted octanol–water partition coefficient (Wildman–Crippen LogP) is 4.21. The van der Waals surface area contributed by atoms with E-state index in [9.17, 15) is 9.59 Å². The van der Waals surface area contributed by atoms with Crippen LogP contribution in [0.5, 0.6) is 5.75 Å². The molecule has 3 aromatic carbocycles. The van der Waals surface area contributed by atoms with Gasteiger partial charge in [0.05, 0.1) is 31.2 Å². The number of nitrogens with zero attached hydrogens (tertiary/aromatic N) is 2. The highest BCUT2D eigenvalue weighted by Gasteiger charge is 2.18. The van der Waals surface area contributed by atoms with Gasteiger partial charge in [0.15, 0.2) is 0 Å². The number of nitrogens with two attached hydrogens (primary N) is 1. The first-order valence-electron chi connectivity index (χ1n) is 13.4. The summed E-state index contributed by atoms with van der Waals surface area (Å²) in [5.74, 6) is 0.648. The Bertz CT molecular complexity index is 1290. The van der Waals surface area contributed by atoms with Crippen LogP contribution in [0, 0.1) is 0 Å². The average molecular weight is 530 g/mol. The Morgan fingerprint density at radius 3 is 2.54 bits per heavy atom. The third-order valence-corrected chi connectivity index (χ3v) is 7.03. The average Bonchev–Trinajstić information content (AvgIpc) is 3.43. The van der Waals surface area contributed by atoms with E-state index in [1.807, 2.05) is 47.4 Å². The van der Waals surface area contributed by atoms with Gasteiger partial charge >= 0.3 is 6.03 Å². The summed E-state index contributed by atoms with van der Waals surface area (Å²) in [6, 6.07) is 20.1. The van der Waals surface area contributed by atoms with Gasteiger partial charge in [0.1, 0.15) is 5.75 Å². The molecule has 2 aliphatic rings. The highest BCUT2D eigenvalue weighted by molar-refractivity contribution is 6.05. The molecule has 0 radical (unpaired) electrons. The number of nitrogen functional groups attached to an aromatic ring is 1. The number of fused-ring (bicyclic) bond motifs is 1. The second-order valence-corrected chi connectivity index (χ2v) is 9.82. The molecule has 4 N–H and O–H groups in total. The quantitative estimate of drug-likeness (QED) is 0.358. The largest absolute Gasteiger partial charge is 0.493 e. The Kier molecular flexibility index (Phi) is 8.60. The number of ether oxygens (including phenoxy) is 2. The van der Waals surface area contributed by atoms with Gasteiger partial charge in [-0.15, -0.1) is 0 Å². The molecule has 1 fully saturated rings. The molecule has 9 nitrogen and oxygen atoms in total. The molecule has 9 heteroatoms. The van der Waals surface area contributed by atoms with Gasteiger partial charge in [-0.25, -0.2) is 4.79 Å². The molecule has 2 aliphatic heterocycles. The second kappa shape index (κ2) is 12.6. The van der Waals surface area contributed by atoms with Crippen LogP contribution in [-0.4, -0.2) is 67.7 Å². The molecule has 2 heterocycles. The molecule has 0 saturated carbocycles. The Hall–Kier alpha value is -4.08. The zero-order valence-corrected chi connectivity index (χ0v) is 22.0. The van der Waals surface area contributed by atoms with Crippen molar-refractivity contribution in [3.8, 4) is 5.75 Å². The van der Waals surface area contributed by atoms with Crippen LogP contribution >= 0.6 is 0 Å². The Balaban J connectivity index is 1.23. The van der Waals surface area contributed by atoms with Gasteiger partial charge in [0.25, 0.3) is 5.91 Å².